The molecule has 0 unspecified atom stereocenters. The zero-order valence-electron chi connectivity index (χ0n) is 12.4. The molecule has 0 radical (unpaired) electrons. The molecule has 1 aromatic heterocycles. The van der Waals surface area contributed by atoms with Crippen LogP contribution in [0.1, 0.15) is 5.56 Å². The number of halogens is 2. The highest BCUT2D eigenvalue weighted by Crippen LogP contribution is 2.23. The van der Waals surface area contributed by atoms with E-state index in [1.807, 2.05) is 24.3 Å². The van der Waals surface area contributed by atoms with Gasteiger partial charge in [-0.15, -0.1) is 0 Å². The van der Waals surface area contributed by atoms with Crippen molar-refractivity contribution >= 4 is 35.1 Å². The molecule has 0 atom stereocenters. The number of anilines is 1. The number of carbonyl (C=O) groups excluding carboxylic acids is 1. The molecule has 0 saturated carbocycles. The predicted molar refractivity (Wildman–Crippen MR) is 94.3 cm³/mol. The van der Waals surface area contributed by atoms with Gasteiger partial charge in [0.25, 0.3) is 0 Å². The second-order valence-electron chi connectivity index (χ2n) is 5.02. The summed E-state index contributed by atoms with van der Waals surface area (Å²) in [6.45, 7) is 0.352. The maximum Gasteiger partial charge on any atom is 0.321 e. The number of hydrogen-bond acceptors (Lipinski definition) is 3. The maximum atomic E-state index is 11.9. The van der Waals surface area contributed by atoms with Gasteiger partial charge in [-0.05, 0) is 29.8 Å². The molecule has 0 aliphatic carbocycles. The number of amides is 2. The Morgan fingerprint density at radius 1 is 1.04 bits per heavy atom. The summed E-state index contributed by atoms with van der Waals surface area (Å²) < 4.78 is 5.12. The number of rotatable bonds is 4. The molecule has 7 heteroatoms. The van der Waals surface area contributed by atoms with Gasteiger partial charge in [0, 0.05) is 28.2 Å². The smallest absolute Gasteiger partial charge is 0.321 e. The molecule has 0 spiro atoms. The summed E-state index contributed by atoms with van der Waals surface area (Å²) >= 11 is 11.8. The van der Waals surface area contributed by atoms with Crippen molar-refractivity contribution in [1.29, 1.82) is 0 Å². The second kappa shape index (κ2) is 7.38. The molecule has 0 saturated heterocycles. The fourth-order valence-electron chi connectivity index (χ4n) is 2.08. The Morgan fingerprint density at radius 2 is 1.83 bits per heavy atom. The fraction of sp³-hybridized carbons (Fsp3) is 0.0588. The number of nitrogens with one attached hydrogen (secondary N) is 2. The molecule has 0 aliphatic rings. The molecule has 0 fully saturated rings. The molecule has 122 valence electrons. The molecule has 3 aromatic rings. The largest absolute Gasteiger partial charge is 0.338 e. The minimum atomic E-state index is -0.395. The van der Waals surface area contributed by atoms with Gasteiger partial charge in [0.1, 0.15) is 5.69 Å². The summed E-state index contributed by atoms with van der Waals surface area (Å²) in [5, 5.41) is 10.5. The normalized spacial score (nSPS) is 10.4. The lowest BCUT2D eigenvalue weighted by Gasteiger charge is -2.05. The third kappa shape index (κ3) is 4.28. The average molecular weight is 362 g/mol. The second-order valence-corrected chi connectivity index (χ2v) is 5.89. The first-order valence-electron chi connectivity index (χ1n) is 7.12. The van der Waals surface area contributed by atoms with Crippen LogP contribution in [-0.2, 0) is 6.54 Å². The van der Waals surface area contributed by atoms with E-state index in [1.54, 1.807) is 30.3 Å². The summed E-state index contributed by atoms with van der Waals surface area (Å²) in [5.74, 6) is 0.253. The first-order valence-corrected chi connectivity index (χ1v) is 7.88. The molecule has 2 aromatic carbocycles. The van der Waals surface area contributed by atoms with Gasteiger partial charge in [-0.25, -0.2) is 4.79 Å². The van der Waals surface area contributed by atoms with E-state index in [-0.39, 0.29) is 5.88 Å². The highest BCUT2D eigenvalue weighted by Gasteiger charge is 2.09. The quantitative estimate of drug-likeness (QED) is 0.689. The Kier molecular flexibility index (Phi) is 5.03. The van der Waals surface area contributed by atoms with Crippen LogP contribution in [0.15, 0.2) is 59.1 Å². The molecular formula is C17H13Cl2N3O2. The van der Waals surface area contributed by atoms with Gasteiger partial charge < -0.3 is 9.84 Å². The maximum absolute atomic E-state index is 11.9. The number of hydrogen-bond donors (Lipinski definition) is 2. The molecule has 1 heterocycles. The van der Waals surface area contributed by atoms with Crippen LogP contribution in [0, 0.1) is 0 Å². The Morgan fingerprint density at radius 3 is 2.58 bits per heavy atom. The van der Waals surface area contributed by atoms with Gasteiger partial charge in [-0.1, -0.05) is 52.6 Å². The van der Waals surface area contributed by atoms with Crippen molar-refractivity contribution in [3.8, 4) is 11.3 Å². The zero-order chi connectivity index (χ0) is 16.9. The van der Waals surface area contributed by atoms with Crippen LogP contribution >= 0.6 is 23.2 Å². The van der Waals surface area contributed by atoms with E-state index in [1.165, 1.54) is 0 Å². The van der Waals surface area contributed by atoms with Gasteiger partial charge in [0.05, 0.1) is 0 Å². The lowest BCUT2D eigenvalue weighted by molar-refractivity contribution is 0.251. The lowest BCUT2D eigenvalue weighted by atomic mass is 10.1. The highest BCUT2D eigenvalue weighted by atomic mass is 35.5. The molecule has 2 N–H and O–H groups in total. The minimum absolute atomic E-state index is 0.253. The van der Waals surface area contributed by atoms with E-state index in [9.17, 15) is 4.79 Å². The van der Waals surface area contributed by atoms with Crippen LogP contribution in [0.4, 0.5) is 10.7 Å². The number of nitrogens with zero attached hydrogens (tertiary/aromatic N) is 1. The third-order valence-electron chi connectivity index (χ3n) is 3.23. The lowest BCUT2D eigenvalue weighted by Crippen LogP contribution is -2.27. The van der Waals surface area contributed by atoms with E-state index in [2.05, 4.69) is 15.8 Å². The number of carbonyl (C=O) groups is 1. The summed E-state index contributed by atoms with van der Waals surface area (Å²) in [4.78, 5) is 11.9. The van der Waals surface area contributed by atoms with Crippen LogP contribution < -0.4 is 10.6 Å². The van der Waals surface area contributed by atoms with Crippen LogP contribution in [-0.4, -0.2) is 11.2 Å². The molecule has 24 heavy (non-hydrogen) atoms. The first kappa shape index (κ1) is 16.4. The predicted octanol–water partition coefficient (Wildman–Crippen LogP) is 4.97. The van der Waals surface area contributed by atoms with Gasteiger partial charge in [0.15, 0.2) is 0 Å². The van der Waals surface area contributed by atoms with Crippen LogP contribution in [0.2, 0.25) is 10.0 Å². The third-order valence-corrected chi connectivity index (χ3v) is 3.72. The summed E-state index contributed by atoms with van der Waals surface area (Å²) in [5.41, 5.74) is 2.35. The van der Waals surface area contributed by atoms with E-state index in [4.69, 9.17) is 27.7 Å². The molecule has 2 amide bonds. The monoisotopic (exact) mass is 361 g/mol. The number of aromatic nitrogens is 1. The van der Waals surface area contributed by atoms with Gasteiger partial charge in [0.2, 0.25) is 5.88 Å². The number of urea groups is 1. The van der Waals surface area contributed by atoms with Crippen molar-refractivity contribution in [2.75, 3.05) is 5.32 Å². The Balaban J connectivity index is 1.58. The Hall–Kier alpha value is -2.50. The minimum Gasteiger partial charge on any atom is -0.338 e. The van der Waals surface area contributed by atoms with Crippen LogP contribution in [0.25, 0.3) is 11.3 Å². The van der Waals surface area contributed by atoms with Crippen molar-refractivity contribution in [3.05, 3.63) is 70.2 Å². The van der Waals surface area contributed by atoms with E-state index >= 15 is 0 Å². The van der Waals surface area contributed by atoms with Crippen molar-refractivity contribution in [2.24, 2.45) is 0 Å². The topological polar surface area (TPSA) is 67.2 Å². The Labute approximate surface area is 148 Å². The fourth-order valence-corrected chi connectivity index (χ4v) is 2.42. The van der Waals surface area contributed by atoms with Gasteiger partial charge >= 0.3 is 6.03 Å². The van der Waals surface area contributed by atoms with Crippen LogP contribution in [0.3, 0.4) is 0 Å². The average Bonchev–Trinajstić information content (AvgIpc) is 3.02. The van der Waals surface area contributed by atoms with Gasteiger partial charge in [-0.2, -0.15) is 0 Å². The standard InChI is InChI=1S/C17H13Cl2N3O2/c18-13-6-4-12(5-7-13)15-9-16(24-22-15)21-17(23)20-10-11-2-1-3-14(19)8-11/h1-9H,10H2,(H2,20,21,23). The number of benzene rings is 2. The van der Waals surface area contributed by atoms with Gasteiger partial charge in [-0.3, -0.25) is 5.32 Å². The molecule has 0 aliphatic heterocycles. The Bertz CT molecular complexity index is 847. The summed E-state index contributed by atoms with van der Waals surface area (Å²) in [6.07, 6.45) is 0. The molecule has 5 nitrogen and oxygen atoms in total. The van der Waals surface area contributed by atoms with Crippen molar-refractivity contribution in [3.63, 3.8) is 0 Å². The van der Waals surface area contributed by atoms with Crippen molar-refractivity contribution in [2.45, 2.75) is 6.54 Å². The van der Waals surface area contributed by atoms with E-state index < -0.39 is 6.03 Å². The zero-order valence-corrected chi connectivity index (χ0v) is 13.9. The van der Waals surface area contributed by atoms with Crippen molar-refractivity contribution in [1.82, 2.24) is 10.5 Å². The van der Waals surface area contributed by atoms with E-state index in [0.29, 0.717) is 22.3 Å². The van der Waals surface area contributed by atoms with E-state index in [0.717, 1.165) is 11.1 Å². The SMILES string of the molecule is O=C(NCc1cccc(Cl)c1)Nc1cc(-c2ccc(Cl)cc2)no1. The highest BCUT2D eigenvalue weighted by molar-refractivity contribution is 6.30. The molecular weight excluding hydrogens is 349 g/mol. The summed E-state index contributed by atoms with van der Waals surface area (Å²) in [6, 6.07) is 15.7. The van der Waals surface area contributed by atoms with Crippen molar-refractivity contribution < 1.29 is 9.32 Å². The molecule has 3 rings (SSSR count). The summed E-state index contributed by atoms with van der Waals surface area (Å²) in [7, 11) is 0. The van der Waals surface area contributed by atoms with Crippen LogP contribution in [0.5, 0.6) is 0 Å². The first-order chi connectivity index (χ1) is 11.6. The molecule has 0 bridgehead atoms.